The number of anilines is 1. The molecule has 0 aliphatic carbocycles. The van der Waals surface area contributed by atoms with Crippen LogP contribution < -0.4 is 4.72 Å². The second-order valence-electron chi connectivity index (χ2n) is 4.23. The summed E-state index contributed by atoms with van der Waals surface area (Å²) in [6.45, 7) is 0. The minimum Gasteiger partial charge on any atom is -0.277 e. The molecule has 0 aliphatic heterocycles. The first kappa shape index (κ1) is 16.8. The van der Waals surface area contributed by atoms with Gasteiger partial charge in [0.15, 0.2) is 0 Å². The van der Waals surface area contributed by atoms with Gasteiger partial charge in [-0.15, -0.1) is 0 Å². The Labute approximate surface area is 132 Å². The average molecular weight is 398 g/mol. The highest BCUT2D eigenvalue weighted by Gasteiger charge is 2.31. The smallest absolute Gasteiger partial charge is 0.277 e. The van der Waals surface area contributed by atoms with Gasteiger partial charge in [-0.3, -0.25) is 4.72 Å². The normalized spacial score (nSPS) is 12.2. The Kier molecular flexibility index (Phi) is 4.48. The molecule has 2 aromatic rings. The monoisotopic (exact) mass is 397 g/mol. The molecule has 0 atom stereocenters. The lowest BCUT2D eigenvalue weighted by atomic mass is 10.2. The summed E-state index contributed by atoms with van der Waals surface area (Å²) < 4.78 is 77.8. The van der Waals surface area contributed by atoms with Crippen LogP contribution in [-0.2, 0) is 16.2 Å². The van der Waals surface area contributed by atoms with Gasteiger partial charge in [-0.1, -0.05) is 12.1 Å². The molecule has 9 heteroatoms. The first-order chi connectivity index (χ1) is 10.1. The van der Waals surface area contributed by atoms with E-state index in [0.29, 0.717) is 18.2 Å². The van der Waals surface area contributed by atoms with Crippen molar-refractivity contribution in [3.63, 3.8) is 0 Å². The lowest BCUT2D eigenvalue weighted by Gasteiger charge is -2.13. The standard InChI is InChI=1S/C13H8BrF4NO2S/c14-9-3-1-2-4-12(9)22(20,21)19-11-7-8(13(16,17)18)5-6-10(11)15/h1-7,19H. The summed E-state index contributed by atoms with van der Waals surface area (Å²) in [5, 5.41) is 0. The zero-order chi connectivity index (χ0) is 16.5. The van der Waals surface area contributed by atoms with Crippen LogP contribution in [0.3, 0.4) is 0 Å². The first-order valence-electron chi connectivity index (χ1n) is 5.75. The number of hydrogen-bond donors (Lipinski definition) is 1. The van der Waals surface area contributed by atoms with Crippen molar-refractivity contribution in [3.8, 4) is 0 Å². The number of halogens is 5. The molecule has 0 radical (unpaired) electrons. The maximum atomic E-state index is 13.6. The van der Waals surface area contributed by atoms with E-state index in [2.05, 4.69) is 15.9 Å². The van der Waals surface area contributed by atoms with Gasteiger partial charge in [-0.25, -0.2) is 12.8 Å². The zero-order valence-corrected chi connectivity index (χ0v) is 13.1. The predicted octanol–water partition coefficient (Wildman–Crippen LogP) is 4.41. The van der Waals surface area contributed by atoms with Crippen molar-refractivity contribution < 1.29 is 26.0 Å². The minimum absolute atomic E-state index is 0.204. The van der Waals surface area contributed by atoms with E-state index in [0.717, 1.165) is 0 Å². The van der Waals surface area contributed by atoms with Gasteiger partial charge in [-0.2, -0.15) is 13.2 Å². The Morgan fingerprint density at radius 3 is 2.27 bits per heavy atom. The second kappa shape index (κ2) is 5.88. The third-order valence-electron chi connectivity index (χ3n) is 2.66. The maximum Gasteiger partial charge on any atom is 0.416 e. The quantitative estimate of drug-likeness (QED) is 0.779. The van der Waals surface area contributed by atoms with Crippen LogP contribution in [0.5, 0.6) is 0 Å². The third-order valence-corrected chi connectivity index (χ3v) is 5.04. The molecular formula is C13H8BrF4NO2S. The third kappa shape index (κ3) is 3.58. The second-order valence-corrected chi connectivity index (χ2v) is 6.73. The first-order valence-corrected chi connectivity index (χ1v) is 8.03. The fourth-order valence-electron chi connectivity index (χ4n) is 1.64. The van der Waals surface area contributed by atoms with Crippen LogP contribution in [0.25, 0.3) is 0 Å². The topological polar surface area (TPSA) is 46.2 Å². The molecule has 0 bridgehead atoms. The van der Waals surface area contributed by atoms with Gasteiger partial charge < -0.3 is 0 Å². The Morgan fingerprint density at radius 2 is 1.68 bits per heavy atom. The van der Waals surface area contributed by atoms with E-state index < -0.39 is 33.3 Å². The molecule has 2 rings (SSSR count). The average Bonchev–Trinajstić information content (AvgIpc) is 2.40. The van der Waals surface area contributed by atoms with Gasteiger partial charge in [0, 0.05) is 4.47 Å². The molecule has 0 heterocycles. The molecule has 0 saturated heterocycles. The summed E-state index contributed by atoms with van der Waals surface area (Å²) in [4.78, 5) is -0.216. The van der Waals surface area contributed by atoms with Crippen molar-refractivity contribution in [2.45, 2.75) is 11.1 Å². The van der Waals surface area contributed by atoms with Gasteiger partial charge in [0.1, 0.15) is 10.7 Å². The molecule has 0 fully saturated rings. The Bertz CT molecular complexity index is 806. The Morgan fingerprint density at radius 1 is 1.05 bits per heavy atom. The molecule has 0 amide bonds. The van der Waals surface area contributed by atoms with Crippen molar-refractivity contribution in [2.75, 3.05) is 4.72 Å². The number of rotatable bonds is 3. The maximum absolute atomic E-state index is 13.6. The van der Waals surface area contributed by atoms with Crippen molar-refractivity contribution >= 4 is 31.6 Å². The summed E-state index contributed by atoms with van der Waals surface area (Å²) in [5.74, 6) is -1.11. The van der Waals surface area contributed by atoms with Crippen LogP contribution >= 0.6 is 15.9 Å². The van der Waals surface area contributed by atoms with Crippen molar-refractivity contribution in [2.24, 2.45) is 0 Å². The largest absolute Gasteiger partial charge is 0.416 e. The predicted molar refractivity (Wildman–Crippen MR) is 76.4 cm³/mol. The molecule has 0 saturated carbocycles. The van der Waals surface area contributed by atoms with E-state index in [1.165, 1.54) is 18.2 Å². The number of hydrogen-bond acceptors (Lipinski definition) is 2. The molecule has 118 valence electrons. The highest BCUT2D eigenvalue weighted by Crippen LogP contribution is 2.33. The van der Waals surface area contributed by atoms with E-state index in [-0.39, 0.29) is 9.37 Å². The fourth-order valence-corrected chi connectivity index (χ4v) is 3.70. The van der Waals surface area contributed by atoms with E-state index in [1.54, 1.807) is 6.07 Å². The summed E-state index contributed by atoms with van der Waals surface area (Å²) in [6.07, 6.45) is -4.71. The highest BCUT2D eigenvalue weighted by molar-refractivity contribution is 9.10. The lowest BCUT2D eigenvalue weighted by Crippen LogP contribution is -2.15. The molecule has 0 aliphatic rings. The number of benzene rings is 2. The Balaban J connectivity index is 2.44. The van der Waals surface area contributed by atoms with Crippen molar-refractivity contribution in [1.29, 1.82) is 0 Å². The molecule has 2 aromatic carbocycles. The van der Waals surface area contributed by atoms with Crippen LogP contribution in [0.4, 0.5) is 23.2 Å². The van der Waals surface area contributed by atoms with E-state index in [4.69, 9.17) is 0 Å². The van der Waals surface area contributed by atoms with E-state index >= 15 is 0 Å². The molecule has 3 nitrogen and oxygen atoms in total. The lowest BCUT2D eigenvalue weighted by molar-refractivity contribution is -0.137. The van der Waals surface area contributed by atoms with Crippen LogP contribution in [-0.4, -0.2) is 8.42 Å². The molecule has 0 unspecified atom stereocenters. The number of alkyl halides is 3. The molecular weight excluding hydrogens is 390 g/mol. The van der Waals surface area contributed by atoms with Gasteiger partial charge in [0.25, 0.3) is 10.0 Å². The molecule has 0 aromatic heterocycles. The van der Waals surface area contributed by atoms with Crippen LogP contribution in [0, 0.1) is 5.82 Å². The fraction of sp³-hybridized carbons (Fsp3) is 0.0769. The van der Waals surface area contributed by atoms with Gasteiger partial charge in [0.2, 0.25) is 0 Å². The molecule has 1 N–H and O–H groups in total. The van der Waals surface area contributed by atoms with Crippen LogP contribution in [0.1, 0.15) is 5.56 Å². The summed E-state index contributed by atoms with van der Waals surface area (Å²) in [5.41, 5.74) is -1.93. The minimum atomic E-state index is -4.71. The summed E-state index contributed by atoms with van der Waals surface area (Å²) >= 11 is 3.02. The van der Waals surface area contributed by atoms with Crippen molar-refractivity contribution in [3.05, 3.63) is 58.3 Å². The molecule has 0 spiro atoms. The Hall–Kier alpha value is -1.61. The van der Waals surface area contributed by atoms with Crippen molar-refractivity contribution in [1.82, 2.24) is 0 Å². The number of sulfonamides is 1. The van der Waals surface area contributed by atoms with Crippen LogP contribution in [0.15, 0.2) is 51.8 Å². The zero-order valence-electron chi connectivity index (χ0n) is 10.7. The van der Waals surface area contributed by atoms with Gasteiger partial charge in [0.05, 0.1) is 11.3 Å². The van der Waals surface area contributed by atoms with Gasteiger partial charge in [-0.05, 0) is 46.3 Å². The van der Waals surface area contributed by atoms with Crippen LogP contribution in [0.2, 0.25) is 0 Å². The van der Waals surface area contributed by atoms with Gasteiger partial charge >= 0.3 is 6.18 Å². The highest BCUT2D eigenvalue weighted by atomic mass is 79.9. The van der Waals surface area contributed by atoms with E-state index in [9.17, 15) is 26.0 Å². The molecule has 22 heavy (non-hydrogen) atoms. The summed E-state index contributed by atoms with van der Waals surface area (Å²) in [6, 6.07) is 7.17. The SMILES string of the molecule is O=S(=O)(Nc1cc(C(F)(F)F)ccc1F)c1ccccc1Br. The van der Waals surface area contributed by atoms with E-state index in [1.807, 2.05) is 4.72 Å². The number of nitrogens with one attached hydrogen (secondary N) is 1. The summed E-state index contributed by atoms with van der Waals surface area (Å²) in [7, 11) is -4.23.